The van der Waals surface area contributed by atoms with E-state index in [-0.39, 0.29) is 0 Å². The highest BCUT2D eigenvalue weighted by atomic mass is 15.0. The van der Waals surface area contributed by atoms with Crippen molar-refractivity contribution < 1.29 is 0 Å². The average molecular weight is 312 g/mol. The highest BCUT2D eigenvalue weighted by molar-refractivity contribution is 5.73. The molecule has 0 aliphatic carbocycles. The Morgan fingerprint density at radius 2 is 1.79 bits per heavy atom. The molecule has 0 aliphatic heterocycles. The van der Waals surface area contributed by atoms with Gasteiger partial charge >= 0.3 is 0 Å². The maximum atomic E-state index is 9.61. The summed E-state index contributed by atoms with van der Waals surface area (Å²) >= 11 is 0. The molecule has 24 heavy (non-hydrogen) atoms. The summed E-state index contributed by atoms with van der Waals surface area (Å²) in [5.41, 5.74) is 6.42. The zero-order valence-corrected chi connectivity index (χ0v) is 13.6. The molecule has 4 nitrogen and oxygen atoms in total. The van der Waals surface area contributed by atoms with Crippen LogP contribution in [0.5, 0.6) is 0 Å². The molecular formula is C20H16N4. The van der Waals surface area contributed by atoms with Crippen LogP contribution < -0.4 is 0 Å². The van der Waals surface area contributed by atoms with Crippen LogP contribution in [0.3, 0.4) is 0 Å². The molecule has 0 unspecified atom stereocenters. The molecule has 3 rings (SSSR count). The van der Waals surface area contributed by atoms with Crippen molar-refractivity contribution in [2.24, 2.45) is 0 Å². The number of hydrogen-bond donors (Lipinski definition) is 0. The molecule has 3 aromatic rings. The fourth-order valence-corrected chi connectivity index (χ4v) is 3.05. The molecule has 2 heterocycles. The topological polar surface area (TPSA) is 65.4 Å². The van der Waals surface area contributed by atoms with Crippen LogP contribution in [-0.4, -0.2) is 9.55 Å². The van der Waals surface area contributed by atoms with E-state index in [9.17, 15) is 5.26 Å². The van der Waals surface area contributed by atoms with Crippen LogP contribution >= 0.6 is 0 Å². The van der Waals surface area contributed by atoms with Gasteiger partial charge in [-0.15, -0.1) is 0 Å². The van der Waals surface area contributed by atoms with Gasteiger partial charge in [-0.1, -0.05) is 18.2 Å². The molecule has 116 valence electrons. The lowest BCUT2D eigenvalue weighted by atomic mass is 10.0. The van der Waals surface area contributed by atoms with E-state index >= 15 is 0 Å². The van der Waals surface area contributed by atoms with Gasteiger partial charge in [0.15, 0.2) is 0 Å². The lowest BCUT2D eigenvalue weighted by Crippen LogP contribution is -2.05. The Morgan fingerprint density at radius 3 is 2.38 bits per heavy atom. The predicted molar refractivity (Wildman–Crippen MR) is 92.1 cm³/mol. The third-order valence-electron chi connectivity index (χ3n) is 4.24. The van der Waals surface area contributed by atoms with Crippen molar-refractivity contribution in [1.29, 1.82) is 10.5 Å². The van der Waals surface area contributed by atoms with Crippen molar-refractivity contribution in [3.63, 3.8) is 0 Å². The SMILES string of the molecule is Cc1c(-c2ccc(C#N)cc2)c(C)n(Cc2cccnc2)c1C#N. The van der Waals surface area contributed by atoms with Crippen LogP contribution in [0.4, 0.5) is 0 Å². The highest BCUT2D eigenvalue weighted by Gasteiger charge is 2.18. The van der Waals surface area contributed by atoms with Gasteiger partial charge in [0.25, 0.3) is 0 Å². The minimum atomic E-state index is 0.611. The van der Waals surface area contributed by atoms with E-state index in [0.29, 0.717) is 17.8 Å². The summed E-state index contributed by atoms with van der Waals surface area (Å²) in [6.45, 7) is 4.61. The third-order valence-corrected chi connectivity index (χ3v) is 4.24. The first-order valence-corrected chi connectivity index (χ1v) is 7.65. The minimum absolute atomic E-state index is 0.611. The molecule has 0 amide bonds. The Bertz CT molecular complexity index is 952. The highest BCUT2D eigenvalue weighted by Crippen LogP contribution is 2.32. The standard InChI is InChI=1S/C20H16N4/c1-14-19(11-22)24(13-17-4-3-9-23-12-17)15(2)20(14)18-7-5-16(10-21)6-8-18/h3-9,12H,13H2,1-2H3. The summed E-state index contributed by atoms with van der Waals surface area (Å²) in [4.78, 5) is 4.15. The van der Waals surface area contributed by atoms with E-state index in [1.807, 2.05) is 48.9 Å². The van der Waals surface area contributed by atoms with Crippen LogP contribution in [0.2, 0.25) is 0 Å². The Balaban J connectivity index is 2.11. The Kier molecular flexibility index (Phi) is 4.14. The van der Waals surface area contributed by atoms with Gasteiger partial charge in [0.1, 0.15) is 11.8 Å². The second-order valence-corrected chi connectivity index (χ2v) is 5.68. The van der Waals surface area contributed by atoms with Crippen molar-refractivity contribution in [2.75, 3.05) is 0 Å². The molecule has 0 saturated heterocycles. The van der Waals surface area contributed by atoms with Gasteiger partial charge in [-0.05, 0) is 48.7 Å². The van der Waals surface area contributed by atoms with Crippen molar-refractivity contribution in [2.45, 2.75) is 20.4 Å². The molecule has 0 atom stereocenters. The van der Waals surface area contributed by atoms with E-state index in [2.05, 4.69) is 17.1 Å². The third kappa shape index (κ3) is 2.66. The molecule has 4 heteroatoms. The number of aromatic nitrogens is 2. The Morgan fingerprint density at radius 1 is 1.04 bits per heavy atom. The fraction of sp³-hybridized carbons (Fsp3) is 0.150. The lowest BCUT2D eigenvalue weighted by Gasteiger charge is -2.09. The van der Waals surface area contributed by atoms with Gasteiger partial charge in [-0.25, -0.2) is 0 Å². The van der Waals surface area contributed by atoms with Gasteiger partial charge in [0.2, 0.25) is 0 Å². The second kappa shape index (κ2) is 6.40. The maximum Gasteiger partial charge on any atom is 0.124 e. The lowest BCUT2D eigenvalue weighted by molar-refractivity contribution is 0.761. The van der Waals surface area contributed by atoms with Crippen molar-refractivity contribution in [3.05, 3.63) is 76.9 Å². The molecular weight excluding hydrogens is 296 g/mol. The molecule has 0 spiro atoms. The summed E-state index contributed by atoms with van der Waals surface area (Å²) in [5, 5.41) is 18.6. The van der Waals surface area contributed by atoms with E-state index in [4.69, 9.17) is 5.26 Å². The fourth-order valence-electron chi connectivity index (χ4n) is 3.05. The normalized spacial score (nSPS) is 10.2. The first-order valence-electron chi connectivity index (χ1n) is 7.65. The summed E-state index contributed by atoms with van der Waals surface area (Å²) in [5.74, 6) is 0. The van der Waals surface area contributed by atoms with Crippen LogP contribution in [0.1, 0.15) is 28.1 Å². The van der Waals surface area contributed by atoms with Crippen molar-refractivity contribution in [1.82, 2.24) is 9.55 Å². The molecule has 0 N–H and O–H groups in total. The van der Waals surface area contributed by atoms with E-state index in [1.54, 1.807) is 18.3 Å². The summed E-state index contributed by atoms with van der Waals surface area (Å²) in [7, 11) is 0. The van der Waals surface area contributed by atoms with Crippen molar-refractivity contribution in [3.8, 4) is 23.3 Å². The van der Waals surface area contributed by atoms with E-state index in [0.717, 1.165) is 27.9 Å². The first-order chi connectivity index (χ1) is 11.7. The first kappa shape index (κ1) is 15.5. The molecule has 0 saturated carbocycles. The monoisotopic (exact) mass is 312 g/mol. The summed E-state index contributed by atoms with van der Waals surface area (Å²) in [6.07, 6.45) is 3.56. The average Bonchev–Trinajstić information content (AvgIpc) is 2.86. The Labute approximate surface area is 141 Å². The van der Waals surface area contributed by atoms with Gasteiger partial charge in [-0.2, -0.15) is 10.5 Å². The number of pyridine rings is 1. The van der Waals surface area contributed by atoms with E-state index < -0.39 is 0 Å². The van der Waals surface area contributed by atoms with Crippen LogP contribution in [0, 0.1) is 36.5 Å². The molecule has 1 aromatic carbocycles. The van der Waals surface area contributed by atoms with Crippen LogP contribution in [0.15, 0.2) is 48.8 Å². The smallest absolute Gasteiger partial charge is 0.124 e. The van der Waals surface area contributed by atoms with Crippen LogP contribution in [-0.2, 0) is 6.54 Å². The van der Waals surface area contributed by atoms with E-state index in [1.165, 1.54) is 0 Å². The quantitative estimate of drug-likeness (QED) is 0.735. The zero-order chi connectivity index (χ0) is 17.1. The zero-order valence-electron chi connectivity index (χ0n) is 13.6. The summed E-state index contributed by atoms with van der Waals surface area (Å²) in [6, 6.07) is 15.8. The second-order valence-electron chi connectivity index (χ2n) is 5.68. The maximum absolute atomic E-state index is 9.61. The number of hydrogen-bond acceptors (Lipinski definition) is 3. The number of nitriles is 2. The summed E-state index contributed by atoms with van der Waals surface area (Å²) < 4.78 is 2.03. The molecule has 0 fully saturated rings. The van der Waals surface area contributed by atoms with Gasteiger partial charge in [0.05, 0.1) is 18.2 Å². The molecule has 0 aliphatic rings. The molecule has 0 radical (unpaired) electrons. The van der Waals surface area contributed by atoms with Crippen molar-refractivity contribution >= 4 is 0 Å². The van der Waals surface area contributed by atoms with Crippen LogP contribution in [0.25, 0.3) is 11.1 Å². The molecule has 0 bridgehead atoms. The minimum Gasteiger partial charge on any atom is -0.332 e. The predicted octanol–water partition coefficient (Wildman–Crippen LogP) is 3.96. The Hall–Kier alpha value is -3.37. The van der Waals surface area contributed by atoms with Gasteiger partial charge < -0.3 is 4.57 Å². The molecule has 2 aromatic heterocycles. The number of benzene rings is 1. The van der Waals surface area contributed by atoms with Gasteiger partial charge in [0, 0.05) is 23.7 Å². The van der Waals surface area contributed by atoms with Gasteiger partial charge in [-0.3, -0.25) is 4.98 Å². The number of rotatable bonds is 3. The number of nitrogens with zero attached hydrogens (tertiary/aromatic N) is 4. The largest absolute Gasteiger partial charge is 0.332 e.